The normalized spacial score (nSPS) is 15.7. The summed E-state index contributed by atoms with van der Waals surface area (Å²) < 4.78 is 81.1. The molecule has 0 amide bonds. The lowest BCUT2D eigenvalue weighted by Gasteiger charge is -2.10. The Labute approximate surface area is 330 Å². The summed E-state index contributed by atoms with van der Waals surface area (Å²) in [6.07, 6.45) is -2.65. The van der Waals surface area contributed by atoms with Crippen molar-refractivity contribution in [3.63, 3.8) is 0 Å². The van der Waals surface area contributed by atoms with E-state index in [1.165, 1.54) is 39.2 Å². The molecule has 8 aromatic rings. The van der Waals surface area contributed by atoms with Gasteiger partial charge in [0.05, 0.1) is 46.2 Å². The lowest BCUT2D eigenvalue weighted by Crippen LogP contribution is -2.10. The summed E-state index contributed by atoms with van der Waals surface area (Å²) in [6, 6.07) is 26.4. The first-order chi connectivity index (χ1) is 28.3. The molecule has 3 N–H and O–H groups in total. The van der Waals surface area contributed by atoms with Gasteiger partial charge in [0.25, 0.3) is 0 Å². The third-order valence-electron chi connectivity index (χ3n) is 10.3. The highest BCUT2D eigenvalue weighted by Gasteiger charge is 2.34. The molecule has 0 saturated carbocycles. The van der Waals surface area contributed by atoms with Gasteiger partial charge < -0.3 is 10.9 Å². The summed E-state index contributed by atoms with van der Waals surface area (Å²) >= 11 is 0. The second-order valence-corrected chi connectivity index (χ2v) is 14.1. The quantitative estimate of drug-likeness (QED) is 0.102. The Bertz CT molecular complexity index is 2940. The summed E-state index contributed by atoms with van der Waals surface area (Å²) in [4.78, 5) is 16.8. The van der Waals surface area contributed by atoms with E-state index in [4.69, 9.17) is 10.7 Å². The van der Waals surface area contributed by atoms with Crippen molar-refractivity contribution in [2.45, 2.75) is 44.1 Å². The molecule has 17 heteroatoms. The van der Waals surface area contributed by atoms with Gasteiger partial charge >= 0.3 is 12.4 Å². The number of benzene rings is 2. The number of alkyl halides is 6. The molecular weight excluding hydrogens is 775 g/mol. The van der Waals surface area contributed by atoms with Crippen LogP contribution in [0.3, 0.4) is 0 Å². The zero-order valence-corrected chi connectivity index (χ0v) is 30.6. The third kappa shape index (κ3) is 7.13. The Hall–Kier alpha value is -7.01. The number of hydrogen-bond acceptors (Lipinski definition) is 9. The fourth-order valence-corrected chi connectivity index (χ4v) is 7.33. The molecule has 6 aromatic heterocycles. The number of halogens is 6. The Morgan fingerprint density at radius 2 is 1.15 bits per heavy atom. The first-order valence-corrected chi connectivity index (χ1v) is 18.4. The number of hydrogen-bond donors (Lipinski definition) is 2. The molecule has 296 valence electrons. The molecule has 0 spiro atoms. The van der Waals surface area contributed by atoms with E-state index >= 15 is 0 Å². The minimum absolute atomic E-state index is 0.0616. The highest BCUT2D eigenvalue weighted by molar-refractivity contribution is 6.03. The summed E-state index contributed by atoms with van der Waals surface area (Å²) in [6.45, 7) is 0. The molecule has 0 radical (unpaired) electrons. The van der Waals surface area contributed by atoms with Crippen molar-refractivity contribution in [3.8, 4) is 34.2 Å². The number of aryl methyl sites for hydroxylation is 2. The number of nitrogens with zero attached hydrogens (tertiary/aromatic N) is 9. The van der Waals surface area contributed by atoms with E-state index in [1.54, 1.807) is 12.4 Å². The lowest BCUT2D eigenvalue weighted by atomic mass is 10.1. The van der Waals surface area contributed by atoms with Crippen molar-refractivity contribution >= 4 is 27.5 Å². The van der Waals surface area contributed by atoms with Crippen LogP contribution in [-0.2, 0) is 25.2 Å². The molecule has 59 heavy (non-hydrogen) atoms. The highest BCUT2D eigenvalue weighted by Crippen LogP contribution is 2.34. The van der Waals surface area contributed by atoms with Gasteiger partial charge in [-0.15, -0.1) is 0 Å². The van der Waals surface area contributed by atoms with Crippen LogP contribution in [0.25, 0.3) is 56.0 Å². The monoisotopic (exact) mass is 804 g/mol. The zero-order chi connectivity index (χ0) is 41.1. The second kappa shape index (κ2) is 14.4. The van der Waals surface area contributed by atoms with Crippen LogP contribution in [0.15, 0.2) is 115 Å². The van der Waals surface area contributed by atoms with Crippen LogP contribution in [0.4, 0.5) is 26.3 Å². The standard InChI is InChI=1S/C21H14F3N5O.C21H16F3N5/c22-21(23,24)18-2-1-3-19(27-18)29-17-10-13(4-5-14(17)11-25-29)15-8-6-12-7-9-16(28-30)20(12)26-15;22-21(23,24)18-2-1-3-19(28-18)29-17-10-13(4-5-14(17)11-26-29)16-9-7-12-6-8-15(25)20(12)27-16/h1-6,8,10-11,30H,7,9H2;1-5,7,9-11,15H,6,8,25H2. The van der Waals surface area contributed by atoms with Crippen LogP contribution in [0.5, 0.6) is 0 Å². The van der Waals surface area contributed by atoms with Gasteiger partial charge in [0.1, 0.15) is 17.1 Å². The van der Waals surface area contributed by atoms with Gasteiger partial charge in [-0.05, 0) is 85.3 Å². The lowest BCUT2D eigenvalue weighted by molar-refractivity contribution is -0.141. The van der Waals surface area contributed by atoms with E-state index in [-0.39, 0.29) is 17.7 Å². The topological polar surface area (TPSA) is 146 Å². The Balaban J connectivity index is 0.000000152. The molecular formula is C42H30F6N10O. The van der Waals surface area contributed by atoms with Crippen molar-refractivity contribution < 1.29 is 31.5 Å². The molecule has 2 aliphatic rings. The van der Waals surface area contributed by atoms with Gasteiger partial charge in [-0.25, -0.2) is 24.3 Å². The maximum Gasteiger partial charge on any atom is 0.433 e. The number of nitrogens with two attached hydrogens (primary N) is 1. The van der Waals surface area contributed by atoms with Crippen LogP contribution in [-0.4, -0.2) is 50.4 Å². The number of pyridine rings is 4. The van der Waals surface area contributed by atoms with Gasteiger partial charge in [-0.3, -0.25) is 4.98 Å². The van der Waals surface area contributed by atoms with Crippen LogP contribution >= 0.6 is 0 Å². The Kier molecular flexibility index (Phi) is 9.18. The molecule has 1 atom stereocenters. The molecule has 1 unspecified atom stereocenters. The van der Waals surface area contributed by atoms with Crippen molar-refractivity contribution in [1.82, 2.24) is 39.5 Å². The molecule has 2 aliphatic carbocycles. The summed E-state index contributed by atoms with van der Waals surface area (Å²) in [7, 11) is 0. The zero-order valence-electron chi connectivity index (χ0n) is 30.6. The van der Waals surface area contributed by atoms with E-state index in [0.717, 1.165) is 70.2 Å². The first-order valence-electron chi connectivity index (χ1n) is 18.4. The maximum atomic E-state index is 13.1. The summed E-state index contributed by atoms with van der Waals surface area (Å²) in [5, 5.41) is 22.5. The van der Waals surface area contributed by atoms with Crippen LogP contribution in [0, 0.1) is 0 Å². The van der Waals surface area contributed by atoms with Crippen LogP contribution in [0.2, 0.25) is 0 Å². The number of fused-ring (bicyclic) bond motifs is 4. The van der Waals surface area contributed by atoms with Gasteiger partial charge in [0, 0.05) is 27.9 Å². The van der Waals surface area contributed by atoms with Gasteiger partial charge in [0.15, 0.2) is 11.6 Å². The highest BCUT2D eigenvalue weighted by atomic mass is 19.4. The summed E-state index contributed by atoms with van der Waals surface area (Å²) in [5.41, 5.74) is 12.8. The predicted octanol–water partition coefficient (Wildman–Crippen LogP) is 9.07. The molecule has 0 bridgehead atoms. The molecule has 0 aliphatic heterocycles. The van der Waals surface area contributed by atoms with Crippen molar-refractivity contribution in [2.75, 3.05) is 0 Å². The average Bonchev–Trinajstić information content (AvgIpc) is 4.05. The van der Waals surface area contributed by atoms with Crippen molar-refractivity contribution in [2.24, 2.45) is 10.9 Å². The molecule has 11 nitrogen and oxygen atoms in total. The minimum atomic E-state index is -4.54. The van der Waals surface area contributed by atoms with E-state index < -0.39 is 23.7 Å². The summed E-state index contributed by atoms with van der Waals surface area (Å²) in [5.74, 6) is 0.185. The predicted molar refractivity (Wildman–Crippen MR) is 206 cm³/mol. The Morgan fingerprint density at radius 1 is 0.610 bits per heavy atom. The van der Waals surface area contributed by atoms with E-state index in [0.29, 0.717) is 34.6 Å². The van der Waals surface area contributed by atoms with E-state index in [9.17, 15) is 31.5 Å². The number of aromatic nitrogens is 8. The number of oxime groups is 1. The second-order valence-electron chi connectivity index (χ2n) is 14.1. The molecule has 10 rings (SSSR count). The molecule has 0 fully saturated rings. The number of rotatable bonds is 4. The van der Waals surface area contributed by atoms with E-state index in [1.807, 2.05) is 60.7 Å². The van der Waals surface area contributed by atoms with Crippen LogP contribution < -0.4 is 5.73 Å². The van der Waals surface area contributed by atoms with Gasteiger partial charge in [-0.2, -0.15) is 36.5 Å². The minimum Gasteiger partial charge on any atom is -0.411 e. The smallest absolute Gasteiger partial charge is 0.411 e. The van der Waals surface area contributed by atoms with Crippen molar-refractivity contribution in [3.05, 3.63) is 143 Å². The third-order valence-corrected chi connectivity index (χ3v) is 10.3. The Morgan fingerprint density at radius 3 is 1.69 bits per heavy atom. The van der Waals surface area contributed by atoms with Crippen molar-refractivity contribution in [1.29, 1.82) is 0 Å². The molecule has 0 saturated heterocycles. The maximum absolute atomic E-state index is 13.1. The van der Waals surface area contributed by atoms with Crippen LogP contribution in [0.1, 0.15) is 52.8 Å². The fourth-order valence-electron chi connectivity index (χ4n) is 7.33. The first kappa shape index (κ1) is 37.6. The molecule has 2 aromatic carbocycles. The largest absolute Gasteiger partial charge is 0.433 e. The average molecular weight is 805 g/mol. The van der Waals surface area contributed by atoms with Gasteiger partial charge in [-0.1, -0.05) is 53.7 Å². The van der Waals surface area contributed by atoms with E-state index in [2.05, 4.69) is 30.3 Å². The molecule has 6 heterocycles. The van der Waals surface area contributed by atoms with Gasteiger partial charge in [0.2, 0.25) is 0 Å². The SMILES string of the molecule is NC1CCc2ccc(-c3ccc4cnn(-c5cccc(C(F)(F)F)n5)c4c3)nc21.ON=C1CCc2ccc(-c3ccc4cnn(-c5cccc(C(F)(F)F)n5)c4c3)nc21. The fraction of sp³-hybridized carbons (Fsp3) is 0.167.